The number of carbonyl (C=O) groups is 1. The lowest BCUT2D eigenvalue weighted by Gasteiger charge is -2.37. The molecule has 4 rings (SSSR count). The van der Waals surface area contributed by atoms with Crippen LogP contribution in [0.5, 0.6) is 11.5 Å². The molecule has 0 unspecified atom stereocenters. The number of fused-ring (bicyclic) bond motifs is 1. The van der Waals surface area contributed by atoms with Crippen molar-refractivity contribution in [3.8, 4) is 11.5 Å². The van der Waals surface area contributed by atoms with Crippen LogP contribution in [0, 0.1) is 0 Å². The zero-order chi connectivity index (χ0) is 16.4. The highest BCUT2D eigenvalue weighted by molar-refractivity contribution is 5.92. The van der Waals surface area contributed by atoms with Gasteiger partial charge < -0.3 is 24.3 Å². The van der Waals surface area contributed by atoms with Gasteiger partial charge in [-0.2, -0.15) is 0 Å². The van der Waals surface area contributed by atoms with E-state index in [1.807, 2.05) is 12.1 Å². The van der Waals surface area contributed by atoms with Crippen LogP contribution in [0.3, 0.4) is 0 Å². The lowest BCUT2D eigenvalue weighted by atomic mass is 10.0. The highest BCUT2D eigenvalue weighted by Crippen LogP contribution is 2.33. The van der Waals surface area contributed by atoms with Gasteiger partial charge in [0, 0.05) is 37.7 Å². The zero-order valence-corrected chi connectivity index (χ0v) is 13.6. The van der Waals surface area contributed by atoms with Gasteiger partial charge >= 0.3 is 0 Å². The first-order valence-corrected chi connectivity index (χ1v) is 8.42. The summed E-state index contributed by atoms with van der Waals surface area (Å²) in [5.74, 6) is 0.963. The van der Waals surface area contributed by atoms with Crippen LogP contribution in [-0.2, 0) is 14.3 Å². The van der Waals surface area contributed by atoms with E-state index < -0.39 is 5.79 Å². The number of rotatable bonds is 3. The molecule has 1 amide bonds. The van der Waals surface area contributed by atoms with Crippen molar-refractivity contribution < 1.29 is 23.7 Å². The average molecular weight is 334 g/mol. The SMILES string of the molecule is O=C(CN1CCC2(CC1)OCCO2)Nc1ccc2c(c1)OCCO2. The smallest absolute Gasteiger partial charge is 0.238 e. The Labute approximate surface area is 140 Å². The van der Waals surface area contributed by atoms with Crippen LogP contribution in [0.15, 0.2) is 18.2 Å². The quantitative estimate of drug-likeness (QED) is 0.897. The molecule has 3 aliphatic rings. The van der Waals surface area contributed by atoms with Crippen LogP contribution in [-0.4, -0.2) is 62.7 Å². The van der Waals surface area contributed by atoms with Crippen LogP contribution in [0.4, 0.5) is 5.69 Å². The highest BCUT2D eigenvalue weighted by Gasteiger charge is 2.39. The van der Waals surface area contributed by atoms with Crippen LogP contribution in [0.25, 0.3) is 0 Å². The Balaban J connectivity index is 1.29. The summed E-state index contributed by atoms with van der Waals surface area (Å²) in [7, 11) is 0. The molecule has 1 N–H and O–H groups in total. The average Bonchev–Trinajstić information content (AvgIpc) is 3.05. The fourth-order valence-corrected chi connectivity index (χ4v) is 3.36. The molecule has 1 aromatic carbocycles. The largest absolute Gasteiger partial charge is 0.486 e. The molecule has 130 valence electrons. The number of benzene rings is 1. The van der Waals surface area contributed by atoms with Gasteiger partial charge in [-0.15, -0.1) is 0 Å². The summed E-state index contributed by atoms with van der Waals surface area (Å²) in [5.41, 5.74) is 0.722. The second kappa shape index (κ2) is 6.58. The maximum Gasteiger partial charge on any atom is 0.238 e. The molecule has 3 heterocycles. The first-order valence-electron chi connectivity index (χ1n) is 8.42. The van der Waals surface area contributed by atoms with Crippen molar-refractivity contribution in [2.24, 2.45) is 0 Å². The minimum absolute atomic E-state index is 0.0316. The Morgan fingerprint density at radius 1 is 1.04 bits per heavy atom. The topological polar surface area (TPSA) is 69.3 Å². The molecule has 2 fully saturated rings. The van der Waals surface area contributed by atoms with Crippen molar-refractivity contribution in [2.75, 3.05) is 51.4 Å². The van der Waals surface area contributed by atoms with Crippen LogP contribution in [0.2, 0.25) is 0 Å². The lowest BCUT2D eigenvalue weighted by molar-refractivity contribution is -0.185. The Bertz CT molecular complexity index is 605. The predicted octanol–water partition coefficient (Wildman–Crippen LogP) is 1.24. The molecule has 3 aliphatic heterocycles. The maximum atomic E-state index is 12.3. The molecule has 0 atom stereocenters. The van der Waals surface area contributed by atoms with Crippen LogP contribution in [0.1, 0.15) is 12.8 Å². The highest BCUT2D eigenvalue weighted by atomic mass is 16.7. The van der Waals surface area contributed by atoms with Gasteiger partial charge in [0.05, 0.1) is 19.8 Å². The van der Waals surface area contributed by atoms with Gasteiger partial charge in [0.1, 0.15) is 13.2 Å². The van der Waals surface area contributed by atoms with Gasteiger partial charge in [-0.05, 0) is 12.1 Å². The molecule has 0 aliphatic carbocycles. The number of hydrogen-bond acceptors (Lipinski definition) is 6. The minimum Gasteiger partial charge on any atom is -0.486 e. The molecular formula is C17H22N2O5. The van der Waals surface area contributed by atoms with Gasteiger partial charge in [0.15, 0.2) is 17.3 Å². The molecule has 0 saturated carbocycles. The normalized spacial score (nSPS) is 22.5. The number of hydrogen-bond donors (Lipinski definition) is 1. The number of likely N-dealkylation sites (tertiary alicyclic amines) is 1. The van der Waals surface area contributed by atoms with E-state index in [9.17, 15) is 4.79 Å². The first kappa shape index (κ1) is 15.7. The molecule has 0 radical (unpaired) electrons. The molecular weight excluding hydrogens is 312 g/mol. The Morgan fingerprint density at radius 2 is 1.75 bits per heavy atom. The van der Waals surface area contributed by atoms with Crippen molar-refractivity contribution in [3.63, 3.8) is 0 Å². The van der Waals surface area contributed by atoms with Gasteiger partial charge in [-0.1, -0.05) is 0 Å². The van der Waals surface area contributed by atoms with E-state index in [-0.39, 0.29) is 5.91 Å². The Morgan fingerprint density at radius 3 is 2.50 bits per heavy atom. The van der Waals surface area contributed by atoms with Crippen LogP contribution >= 0.6 is 0 Å². The third kappa shape index (κ3) is 3.33. The van der Waals surface area contributed by atoms with E-state index in [1.54, 1.807) is 6.07 Å². The molecule has 0 aromatic heterocycles. The molecule has 2 saturated heterocycles. The molecule has 24 heavy (non-hydrogen) atoms. The summed E-state index contributed by atoms with van der Waals surface area (Å²) in [5, 5.41) is 2.92. The number of nitrogens with one attached hydrogen (secondary N) is 1. The van der Waals surface area contributed by atoms with Crippen molar-refractivity contribution in [1.29, 1.82) is 0 Å². The van der Waals surface area contributed by atoms with E-state index in [4.69, 9.17) is 18.9 Å². The number of nitrogens with zero attached hydrogens (tertiary/aromatic N) is 1. The molecule has 0 bridgehead atoms. The third-order valence-corrected chi connectivity index (χ3v) is 4.62. The fourth-order valence-electron chi connectivity index (χ4n) is 3.36. The monoisotopic (exact) mass is 334 g/mol. The molecule has 1 spiro atoms. The van der Waals surface area contributed by atoms with E-state index in [1.165, 1.54) is 0 Å². The molecule has 1 aromatic rings. The second-order valence-corrected chi connectivity index (χ2v) is 6.29. The van der Waals surface area contributed by atoms with Crippen molar-refractivity contribution >= 4 is 11.6 Å². The predicted molar refractivity (Wildman–Crippen MR) is 86.4 cm³/mol. The van der Waals surface area contributed by atoms with Gasteiger partial charge in [-0.25, -0.2) is 0 Å². The van der Waals surface area contributed by atoms with E-state index >= 15 is 0 Å². The van der Waals surface area contributed by atoms with E-state index in [2.05, 4.69) is 10.2 Å². The lowest BCUT2D eigenvalue weighted by Crippen LogP contribution is -2.47. The standard InChI is InChI=1S/C17H22N2O5/c20-16(12-19-5-3-17(4-6-19)23-9-10-24-17)18-13-1-2-14-15(11-13)22-8-7-21-14/h1-2,11H,3-10,12H2,(H,18,20). The Kier molecular flexibility index (Phi) is 4.30. The first-order chi connectivity index (χ1) is 11.7. The van der Waals surface area contributed by atoms with Gasteiger partial charge in [0.2, 0.25) is 5.91 Å². The third-order valence-electron chi connectivity index (χ3n) is 4.62. The molecule has 7 heteroatoms. The second-order valence-electron chi connectivity index (χ2n) is 6.29. The van der Waals surface area contributed by atoms with Crippen molar-refractivity contribution in [2.45, 2.75) is 18.6 Å². The number of ether oxygens (including phenoxy) is 4. The minimum atomic E-state index is -0.400. The summed E-state index contributed by atoms with van der Waals surface area (Å²) in [6.45, 7) is 4.40. The maximum absolute atomic E-state index is 12.3. The van der Waals surface area contributed by atoms with Gasteiger partial charge in [-0.3, -0.25) is 9.69 Å². The van der Waals surface area contributed by atoms with Crippen molar-refractivity contribution in [1.82, 2.24) is 4.90 Å². The van der Waals surface area contributed by atoms with Crippen LogP contribution < -0.4 is 14.8 Å². The Hall–Kier alpha value is -1.83. The zero-order valence-electron chi connectivity index (χ0n) is 13.6. The summed E-state index contributed by atoms with van der Waals surface area (Å²) in [6.07, 6.45) is 1.62. The summed E-state index contributed by atoms with van der Waals surface area (Å²) in [4.78, 5) is 14.4. The fraction of sp³-hybridized carbons (Fsp3) is 0.588. The number of anilines is 1. The molecule has 7 nitrogen and oxygen atoms in total. The summed E-state index contributed by atoms with van der Waals surface area (Å²) in [6, 6.07) is 5.46. The number of piperidine rings is 1. The van der Waals surface area contributed by atoms with Crippen molar-refractivity contribution in [3.05, 3.63) is 18.2 Å². The van der Waals surface area contributed by atoms with Gasteiger partial charge in [0.25, 0.3) is 0 Å². The van der Waals surface area contributed by atoms with E-state index in [0.29, 0.717) is 38.7 Å². The number of amides is 1. The summed E-state index contributed by atoms with van der Waals surface area (Å²) < 4.78 is 22.4. The summed E-state index contributed by atoms with van der Waals surface area (Å²) >= 11 is 0. The van der Waals surface area contributed by atoms with E-state index in [0.717, 1.165) is 37.4 Å². The number of carbonyl (C=O) groups excluding carboxylic acids is 1.